The lowest BCUT2D eigenvalue weighted by atomic mass is 10.1. The van der Waals surface area contributed by atoms with Gasteiger partial charge in [-0.15, -0.1) is 0 Å². The minimum atomic E-state index is 0.503. The van der Waals surface area contributed by atoms with Crippen molar-refractivity contribution in [2.45, 2.75) is 5.33 Å². The van der Waals surface area contributed by atoms with Gasteiger partial charge in [0.15, 0.2) is 11.5 Å². The zero-order chi connectivity index (χ0) is 13.7. The first-order valence-electron chi connectivity index (χ1n) is 5.68. The SMILES string of the molecule is COc1ccccc1Oc1ccc(CBr)cc1C#N. The van der Waals surface area contributed by atoms with Gasteiger partial charge in [0.1, 0.15) is 11.8 Å². The molecule has 0 radical (unpaired) electrons. The Balaban J connectivity index is 2.36. The van der Waals surface area contributed by atoms with Gasteiger partial charge < -0.3 is 9.47 Å². The molecule has 0 aromatic heterocycles. The van der Waals surface area contributed by atoms with E-state index in [1.54, 1.807) is 25.3 Å². The fraction of sp³-hybridized carbons (Fsp3) is 0.133. The second kappa shape index (κ2) is 6.26. The Morgan fingerprint density at radius 3 is 2.47 bits per heavy atom. The first-order chi connectivity index (χ1) is 9.28. The van der Waals surface area contributed by atoms with Gasteiger partial charge in [-0.2, -0.15) is 5.26 Å². The van der Waals surface area contributed by atoms with Crippen LogP contribution in [0.5, 0.6) is 17.2 Å². The van der Waals surface area contributed by atoms with Crippen molar-refractivity contribution in [2.75, 3.05) is 7.11 Å². The van der Waals surface area contributed by atoms with E-state index in [9.17, 15) is 0 Å². The van der Waals surface area contributed by atoms with Crippen molar-refractivity contribution in [2.24, 2.45) is 0 Å². The minimum Gasteiger partial charge on any atom is -0.493 e. The zero-order valence-electron chi connectivity index (χ0n) is 10.4. The molecule has 4 heteroatoms. The molecule has 3 nitrogen and oxygen atoms in total. The average molecular weight is 318 g/mol. The Morgan fingerprint density at radius 1 is 1.11 bits per heavy atom. The summed E-state index contributed by atoms with van der Waals surface area (Å²) in [5.74, 6) is 1.75. The predicted octanol–water partition coefficient (Wildman–Crippen LogP) is 4.25. The van der Waals surface area contributed by atoms with Crippen LogP contribution in [-0.4, -0.2) is 7.11 Å². The van der Waals surface area contributed by atoms with Gasteiger partial charge in [0, 0.05) is 5.33 Å². The highest BCUT2D eigenvalue weighted by molar-refractivity contribution is 9.08. The van der Waals surface area contributed by atoms with E-state index < -0.39 is 0 Å². The second-order valence-electron chi connectivity index (χ2n) is 3.83. The van der Waals surface area contributed by atoms with Gasteiger partial charge in [0.05, 0.1) is 12.7 Å². The normalized spacial score (nSPS) is 9.74. The van der Waals surface area contributed by atoms with E-state index in [1.807, 2.05) is 24.3 Å². The summed E-state index contributed by atoms with van der Waals surface area (Å²) in [5, 5.41) is 9.87. The molecule has 0 aliphatic carbocycles. The highest BCUT2D eigenvalue weighted by Crippen LogP contribution is 2.33. The second-order valence-corrected chi connectivity index (χ2v) is 4.39. The van der Waals surface area contributed by atoms with Crippen LogP contribution in [0, 0.1) is 11.3 Å². The van der Waals surface area contributed by atoms with Gasteiger partial charge in [-0.05, 0) is 29.8 Å². The Bertz CT molecular complexity index is 620. The van der Waals surface area contributed by atoms with Crippen LogP contribution in [0.2, 0.25) is 0 Å². The van der Waals surface area contributed by atoms with Gasteiger partial charge in [-0.1, -0.05) is 34.1 Å². The molecule has 0 atom stereocenters. The highest BCUT2D eigenvalue weighted by Gasteiger charge is 2.09. The Labute approximate surface area is 120 Å². The average Bonchev–Trinajstić information content (AvgIpc) is 2.48. The summed E-state index contributed by atoms with van der Waals surface area (Å²) in [6.07, 6.45) is 0. The molecule has 0 heterocycles. The van der Waals surface area contributed by atoms with Crippen molar-refractivity contribution in [3.8, 4) is 23.3 Å². The van der Waals surface area contributed by atoms with Crippen molar-refractivity contribution >= 4 is 15.9 Å². The first-order valence-corrected chi connectivity index (χ1v) is 6.80. The molecule has 0 N–H and O–H groups in total. The summed E-state index contributed by atoms with van der Waals surface area (Å²) >= 11 is 3.36. The molecule has 0 spiro atoms. The summed E-state index contributed by atoms with van der Waals surface area (Å²) < 4.78 is 11.0. The molecule has 0 aliphatic heterocycles. The van der Waals surface area contributed by atoms with Crippen molar-refractivity contribution in [3.63, 3.8) is 0 Å². The summed E-state index contributed by atoms with van der Waals surface area (Å²) in [7, 11) is 1.58. The lowest BCUT2D eigenvalue weighted by molar-refractivity contribution is 0.378. The smallest absolute Gasteiger partial charge is 0.169 e. The van der Waals surface area contributed by atoms with Crippen LogP contribution < -0.4 is 9.47 Å². The number of methoxy groups -OCH3 is 1. The zero-order valence-corrected chi connectivity index (χ0v) is 12.0. The Hall–Kier alpha value is -1.99. The predicted molar refractivity (Wildman–Crippen MR) is 76.9 cm³/mol. The molecule has 0 saturated heterocycles. The van der Waals surface area contributed by atoms with Crippen molar-refractivity contribution in [1.82, 2.24) is 0 Å². The number of hydrogen-bond donors (Lipinski definition) is 0. The molecule has 0 fully saturated rings. The molecule has 96 valence electrons. The molecular formula is C15H12BrNO2. The van der Waals surface area contributed by atoms with Crippen molar-refractivity contribution < 1.29 is 9.47 Å². The van der Waals surface area contributed by atoms with Crippen LogP contribution >= 0.6 is 15.9 Å². The van der Waals surface area contributed by atoms with E-state index in [4.69, 9.17) is 14.7 Å². The van der Waals surface area contributed by atoms with E-state index >= 15 is 0 Å². The molecule has 0 saturated carbocycles. The van der Waals surface area contributed by atoms with Crippen LogP contribution in [0.3, 0.4) is 0 Å². The van der Waals surface area contributed by atoms with E-state index in [2.05, 4.69) is 22.0 Å². The largest absolute Gasteiger partial charge is 0.493 e. The maximum absolute atomic E-state index is 9.17. The molecule has 19 heavy (non-hydrogen) atoms. The van der Waals surface area contributed by atoms with E-state index in [0.717, 1.165) is 5.56 Å². The van der Waals surface area contributed by atoms with Gasteiger partial charge >= 0.3 is 0 Å². The third kappa shape index (κ3) is 3.07. The van der Waals surface area contributed by atoms with Crippen LogP contribution in [0.15, 0.2) is 42.5 Å². The molecular weight excluding hydrogens is 306 g/mol. The van der Waals surface area contributed by atoms with Crippen LogP contribution in [0.4, 0.5) is 0 Å². The number of nitriles is 1. The fourth-order valence-corrected chi connectivity index (χ4v) is 2.01. The third-order valence-corrected chi connectivity index (χ3v) is 3.26. The van der Waals surface area contributed by atoms with Crippen LogP contribution in [-0.2, 0) is 5.33 Å². The van der Waals surface area contributed by atoms with Gasteiger partial charge in [0.25, 0.3) is 0 Å². The molecule has 2 aromatic rings. The van der Waals surface area contributed by atoms with Gasteiger partial charge in [-0.25, -0.2) is 0 Å². The van der Waals surface area contributed by atoms with E-state index in [1.165, 1.54) is 0 Å². The Kier molecular flexibility index (Phi) is 4.43. The maximum Gasteiger partial charge on any atom is 0.169 e. The first kappa shape index (κ1) is 13.4. The van der Waals surface area contributed by atoms with E-state index in [-0.39, 0.29) is 0 Å². The van der Waals surface area contributed by atoms with Gasteiger partial charge in [0.2, 0.25) is 0 Å². The number of benzene rings is 2. The molecule has 0 bridgehead atoms. The number of ether oxygens (including phenoxy) is 2. The number of rotatable bonds is 4. The summed E-state index contributed by atoms with van der Waals surface area (Å²) in [6, 6.07) is 15.0. The lowest BCUT2D eigenvalue weighted by Gasteiger charge is -2.11. The van der Waals surface area contributed by atoms with E-state index in [0.29, 0.717) is 28.1 Å². The van der Waals surface area contributed by atoms with Crippen molar-refractivity contribution in [1.29, 1.82) is 5.26 Å². The topological polar surface area (TPSA) is 42.2 Å². The van der Waals surface area contributed by atoms with Crippen LogP contribution in [0.25, 0.3) is 0 Å². The molecule has 2 aromatic carbocycles. The summed E-state index contributed by atoms with van der Waals surface area (Å²) in [4.78, 5) is 0. The van der Waals surface area contributed by atoms with Gasteiger partial charge in [-0.3, -0.25) is 0 Å². The standard InChI is InChI=1S/C15H12BrNO2/c1-18-14-4-2-3-5-15(14)19-13-7-6-11(9-16)8-12(13)10-17/h2-8H,9H2,1H3. The molecule has 2 rings (SSSR count). The molecule has 0 amide bonds. The number of halogens is 1. The van der Waals surface area contributed by atoms with Crippen molar-refractivity contribution in [3.05, 3.63) is 53.6 Å². The number of alkyl halides is 1. The third-order valence-electron chi connectivity index (χ3n) is 2.61. The monoisotopic (exact) mass is 317 g/mol. The highest BCUT2D eigenvalue weighted by atomic mass is 79.9. The summed E-state index contributed by atoms with van der Waals surface area (Å²) in [6.45, 7) is 0. The Morgan fingerprint density at radius 2 is 1.84 bits per heavy atom. The van der Waals surface area contributed by atoms with Crippen LogP contribution in [0.1, 0.15) is 11.1 Å². The minimum absolute atomic E-state index is 0.503. The summed E-state index contributed by atoms with van der Waals surface area (Å²) in [5.41, 5.74) is 1.53. The quantitative estimate of drug-likeness (QED) is 0.791. The molecule has 0 aliphatic rings. The fourth-order valence-electron chi connectivity index (χ4n) is 1.66. The molecule has 0 unspecified atom stereocenters. The maximum atomic E-state index is 9.17. The lowest BCUT2D eigenvalue weighted by Crippen LogP contribution is -1.93. The number of nitrogens with zero attached hydrogens (tertiary/aromatic N) is 1. The number of para-hydroxylation sites is 2. The number of hydrogen-bond acceptors (Lipinski definition) is 3.